The summed E-state index contributed by atoms with van der Waals surface area (Å²) < 4.78 is 0. The number of amides is 1. The van der Waals surface area contributed by atoms with Crippen LogP contribution in [0.4, 0.5) is 5.82 Å². The van der Waals surface area contributed by atoms with Crippen LogP contribution < -0.4 is 10.6 Å². The van der Waals surface area contributed by atoms with Crippen LogP contribution in [0.1, 0.15) is 37.0 Å². The summed E-state index contributed by atoms with van der Waals surface area (Å²) in [5.74, 6) is 0.351. The van der Waals surface area contributed by atoms with Crippen molar-refractivity contribution in [2.75, 3.05) is 11.4 Å². The lowest BCUT2D eigenvalue weighted by Gasteiger charge is -2.37. The van der Waals surface area contributed by atoms with Crippen molar-refractivity contribution in [2.45, 2.75) is 32.7 Å². The third kappa shape index (κ3) is 2.92. The number of aromatic nitrogens is 1. The van der Waals surface area contributed by atoms with E-state index in [1.165, 1.54) is 6.92 Å². The van der Waals surface area contributed by atoms with E-state index in [9.17, 15) is 9.59 Å². The van der Waals surface area contributed by atoms with Crippen LogP contribution in [0.2, 0.25) is 0 Å². The Hall–Kier alpha value is -1.91. The van der Waals surface area contributed by atoms with E-state index in [0.717, 1.165) is 18.7 Å². The van der Waals surface area contributed by atoms with Crippen LogP contribution in [0.25, 0.3) is 0 Å². The largest absolute Gasteiger partial charge is 0.369 e. The number of anilines is 1. The molecule has 5 heteroatoms. The van der Waals surface area contributed by atoms with Crippen LogP contribution in [0, 0.1) is 5.92 Å². The van der Waals surface area contributed by atoms with E-state index in [-0.39, 0.29) is 17.6 Å². The van der Waals surface area contributed by atoms with Crippen molar-refractivity contribution in [2.24, 2.45) is 11.7 Å². The molecule has 1 fully saturated rings. The van der Waals surface area contributed by atoms with E-state index in [2.05, 4.69) is 16.8 Å². The highest BCUT2D eigenvalue weighted by atomic mass is 16.1. The van der Waals surface area contributed by atoms with Crippen LogP contribution >= 0.6 is 0 Å². The number of rotatable bonds is 3. The number of carbonyl (C=O) groups excluding carboxylic acids is 2. The predicted octanol–water partition coefficient (Wildman–Crippen LogP) is 1.37. The minimum absolute atomic E-state index is 0.0137. The van der Waals surface area contributed by atoms with Crippen molar-refractivity contribution < 1.29 is 9.59 Å². The molecule has 2 unspecified atom stereocenters. The molecule has 0 spiro atoms. The number of pyridine rings is 1. The third-order valence-corrected chi connectivity index (χ3v) is 3.73. The zero-order valence-corrected chi connectivity index (χ0v) is 11.3. The van der Waals surface area contributed by atoms with Gasteiger partial charge in [0.25, 0.3) is 0 Å². The number of hydrogen-bond donors (Lipinski definition) is 1. The number of hydrogen-bond acceptors (Lipinski definition) is 4. The van der Waals surface area contributed by atoms with Gasteiger partial charge in [0.05, 0.1) is 5.92 Å². The van der Waals surface area contributed by atoms with E-state index in [0.29, 0.717) is 18.2 Å². The van der Waals surface area contributed by atoms with E-state index >= 15 is 0 Å². The summed E-state index contributed by atoms with van der Waals surface area (Å²) in [5.41, 5.74) is 6.03. The second kappa shape index (κ2) is 5.38. The minimum atomic E-state index is -0.264. The Balaban J connectivity index is 2.25. The van der Waals surface area contributed by atoms with Crippen LogP contribution in [0.15, 0.2) is 18.3 Å². The molecule has 0 aliphatic carbocycles. The van der Waals surface area contributed by atoms with Gasteiger partial charge in [-0.05, 0) is 38.8 Å². The molecule has 0 bridgehead atoms. The van der Waals surface area contributed by atoms with Gasteiger partial charge in [-0.3, -0.25) is 9.59 Å². The Labute approximate surface area is 112 Å². The summed E-state index contributed by atoms with van der Waals surface area (Å²) in [6.45, 7) is 4.20. The molecular formula is C14H19N3O2. The van der Waals surface area contributed by atoms with Crippen molar-refractivity contribution in [3.63, 3.8) is 0 Å². The summed E-state index contributed by atoms with van der Waals surface area (Å²) >= 11 is 0. The summed E-state index contributed by atoms with van der Waals surface area (Å²) in [7, 11) is 0. The number of Topliss-reactive ketones (excluding diaryl/α,β-unsaturated/α-hetero) is 1. The van der Waals surface area contributed by atoms with Gasteiger partial charge in [0.15, 0.2) is 5.78 Å². The van der Waals surface area contributed by atoms with Gasteiger partial charge in [-0.25, -0.2) is 4.98 Å². The first-order valence-corrected chi connectivity index (χ1v) is 6.52. The average Bonchev–Trinajstić information content (AvgIpc) is 2.39. The second-order valence-corrected chi connectivity index (χ2v) is 5.14. The number of carbonyl (C=O) groups is 2. The summed E-state index contributed by atoms with van der Waals surface area (Å²) in [6, 6.07) is 3.78. The van der Waals surface area contributed by atoms with Gasteiger partial charge >= 0.3 is 0 Å². The molecule has 1 aromatic heterocycles. The highest BCUT2D eigenvalue weighted by molar-refractivity contribution is 5.94. The molecule has 1 aliphatic rings. The van der Waals surface area contributed by atoms with Crippen molar-refractivity contribution in [1.82, 2.24) is 4.98 Å². The van der Waals surface area contributed by atoms with Gasteiger partial charge in [0.1, 0.15) is 5.82 Å². The lowest BCUT2D eigenvalue weighted by atomic mass is 9.93. The molecule has 1 aliphatic heterocycles. The fourth-order valence-corrected chi connectivity index (χ4v) is 2.45. The van der Waals surface area contributed by atoms with Gasteiger partial charge < -0.3 is 10.6 Å². The molecule has 0 radical (unpaired) electrons. The van der Waals surface area contributed by atoms with Gasteiger partial charge in [0, 0.05) is 24.3 Å². The SMILES string of the molecule is CC(=O)c1ccnc(N2CC(C(N)=O)CCC2C)c1. The third-order valence-electron chi connectivity index (χ3n) is 3.73. The number of nitrogens with zero attached hydrogens (tertiary/aromatic N) is 2. The maximum Gasteiger partial charge on any atom is 0.222 e. The average molecular weight is 261 g/mol. The van der Waals surface area contributed by atoms with E-state index < -0.39 is 0 Å². The zero-order chi connectivity index (χ0) is 14.0. The molecule has 2 N–H and O–H groups in total. The minimum Gasteiger partial charge on any atom is -0.369 e. The fraction of sp³-hybridized carbons (Fsp3) is 0.500. The first kappa shape index (κ1) is 13.5. The second-order valence-electron chi connectivity index (χ2n) is 5.14. The number of piperidine rings is 1. The fourth-order valence-electron chi connectivity index (χ4n) is 2.45. The monoisotopic (exact) mass is 261 g/mol. The van der Waals surface area contributed by atoms with Gasteiger partial charge in [0.2, 0.25) is 5.91 Å². The maximum atomic E-state index is 11.4. The molecule has 2 heterocycles. The van der Waals surface area contributed by atoms with Crippen molar-refractivity contribution in [1.29, 1.82) is 0 Å². The Bertz CT molecular complexity index is 501. The molecule has 5 nitrogen and oxygen atoms in total. The van der Waals surface area contributed by atoms with E-state index in [4.69, 9.17) is 5.73 Å². The summed E-state index contributed by atoms with van der Waals surface area (Å²) in [6.07, 6.45) is 3.35. The maximum absolute atomic E-state index is 11.4. The van der Waals surface area contributed by atoms with Crippen LogP contribution in [-0.4, -0.2) is 29.3 Å². The number of primary amides is 1. The first-order valence-electron chi connectivity index (χ1n) is 6.52. The highest BCUT2D eigenvalue weighted by Gasteiger charge is 2.29. The number of nitrogens with two attached hydrogens (primary N) is 1. The Morgan fingerprint density at radius 2 is 2.16 bits per heavy atom. The smallest absolute Gasteiger partial charge is 0.222 e. The molecule has 2 atom stereocenters. The Morgan fingerprint density at radius 1 is 1.42 bits per heavy atom. The van der Waals surface area contributed by atoms with Crippen molar-refractivity contribution in [3.8, 4) is 0 Å². The van der Waals surface area contributed by atoms with Crippen molar-refractivity contribution >= 4 is 17.5 Å². The van der Waals surface area contributed by atoms with E-state index in [1.807, 2.05) is 0 Å². The topological polar surface area (TPSA) is 76.3 Å². The molecule has 1 amide bonds. The highest BCUT2D eigenvalue weighted by Crippen LogP contribution is 2.26. The molecule has 102 valence electrons. The standard InChI is InChI=1S/C14H19N3O2/c1-9-3-4-12(14(15)19)8-17(9)13-7-11(10(2)18)5-6-16-13/h5-7,9,12H,3-4,8H2,1-2H3,(H2,15,19). The Kier molecular flexibility index (Phi) is 3.83. The van der Waals surface area contributed by atoms with Crippen LogP contribution in [0.3, 0.4) is 0 Å². The Morgan fingerprint density at radius 3 is 2.79 bits per heavy atom. The molecule has 1 aromatic rings. The molecule has 0 aromatic carbocycles. The predicted molar refractivity (Wildman–Crippen MR) is 73.0 cm³/mol. The first-order chi connectivity index (χ1) is 8.99. The lowest BCUT2D eigenvalue weighted by Crippen LogP contribution is -2.46. The van der Waals surface area contributed by atoms with Gasteiger partial charge in [-0.2, -0.15) is 0 Å². The molecule has 1 saturated heterocycles. The van der Waals surface area contributed by atoms with Crippen LogP contribution in [-0.2, 0) is 4.79 Å². The molecule has 0 saturated carbocycles. The van der Waals surface area contributed by atoms with E-state index in [1.54, 1.807) is 18.3 Å². The summed E-state index contributed by atoms with van der Waals surface area (Å²) in [4.78, 5) is 29.1. The lowest BCUT2D eigenvalue weighted by molar-refractivity contribution is -0.122. The van der Waals surface area contributed by atoms with Gasteiger partial charge in [-0.1, -0.05) is 0 Å². The normalized spacial score (nSPS) is 23.2. The van der Waals surface area contributed by atoms with Crippen molar-refractivity contribution in [3.05, 3.63) is 23.9 Å². The molecule has 19 heavy (non-hydrogen) atoms. The quantitative estimate of drug-likeness (QED) is 0.834. The molecule has 2 rings (SSSR count). The zero-order valence-electron chi connectivity index (χ0n) is 11.3. The number of ketones is 1. The summed E-state index contributed by atoms with van der Waals surface area (Å²) in [5, 5.41) is 0. The van der Waals surface area contributed by atoms with Gasteiger partial charge in [-0.15, -0.1) is 0 Å². The van der Waals surface area contributed by atoms with Crippen LogP contribution in [0.5, 0.6) is 0 Å². The molecular weight excluding hydrogens is 242 g/mol.